The first-order chi connectivity index (χ1) is 23.4. The van der Waals surface area contributed by atoms with Crippen molar-refractivity contribution in [2.75, 3.05) is 13.1 Å². The van der Waals surface area contributed by atoms with E-state index in [1.807, 2.05) is 66.7 Å². The Balaban J connectivity index is 1.52. The Kier molecular flexibility index (Phi) is 16.0. The van der Waals surface area contributed by atoms with Gasteiger partial charge in [-0.15, -0.1) is 0 Å². The van der Waals surface area contributed by atoms with Gasteiger partial charge >= 0.3 is 12.1 Å². The van der Waals surface area contributed by atoms with Crippen LogP contribution in [0.25, 0.3) is 0 Å². The topological polar surface area (TPSA) is 142 Å². The number of nitrogens with zero attached hydrogens (tertiary/aromatic N) is 1. The molecule has 10 nitrogen and oxygen atoms in total. The number of rotatable bonds is 19. The first-order valence-corrected chi connectivity index (χ1v) is 17.5. The molecule has 2 aromatic rings. The summed E-state index contributed by atoms with van der Waals surface area (Å²) in [7, 11) is 0. The highest BCUT2D eigenvalue weighted by Crippen LogP contribution is 2.26. The molecule has 2 aromatic carbocycles. The summed E-state index contributed by atoms with van der Waals surface area (Å²) >= 11 is 0. The molecule has 3 amide bonds. The fourth-order valence-corrected chi connectivity index (χ4v) is 6.20. The summed E-state index contributed by atoms with van der Waals surface area (Å²) in [4.78, 5) is 66.0. The van der Waals surface area contributed by atoms with Crippen molar-refractivity contribution in [1.82, 2.24) is 15.5 Å². The van der Waals surface area contributed by atoms with Gasteiger partial charge in [0.05, 0.1) is 12.0 Å². The number of carbonyl (C=O) groups excluding carboxylic acids is 4. The van der Waals surface area contributed by atoms with Crippen molar-refractivity contribution in [3.63, 3.8) is 0 Å². The van der Waals surface area contributed by atoms with Crippen LogP contribution in [0.5, 0.6) is 0 Å². The molecule has 1 aliphatic heterocycles. The van der Waals surface area contributed by atoms with Crippen molar-refractivity contribution < 1.29 is 33.8 Å². The minimum atomic E-state index is -1.20. The largest absolute Gasteiger partial charge is 0.480 e. The fraction of sp³-hybridized carbons (Fsp3) is 0.513. The number of hydrogen-bond donors (Lipinski definition) is 3. The van der Waals surface area contributed by atoms with Gasteiger partial charge in [-0.1, -0.05) is 101 Å². The lowest BCUT2D eigenvalue weighted by Crippen LogP contribution is -2.46. The number of alkyl carbamates (subject to hydrolysis) is 1. The Morgan fingerprint density at radius 3 is 2.22 bits per heavy atom. The third-order valence-corrected chi connectivity index (χ3v) is 8.76. The van der Waals surface area contributed by atoms with Gasteiger partial charge in [-0.25, -0.2) is 9.59 Å². The van der Waals surface area contributed by atoms with Gasteiger partial charge in [0, 0.05) is 25.4 Å². The number of likely N-dealkylation sites (tertiary alicyclic amines) is 1. The van der Waals surface area contributed by atoms with E-state index < -0.39 is 41.9 Å². The Hall–Kier alpha value is -4.47. The number of amides is 3. The second-order valence-corrected chi connectivity index (χ2v) is 13.6. The number of carboxylic acid groups (broad SMARTS) is 1. The standard InChI is InChI=1S/C39H53N3O7/c1-27(2)23-28(3)19-20-32(25-30-13-7-5-8-14-30)37(45)42-22-12-18-34(42)35(43)24-29(4)36(44)41-33(38(46)47)17-11-21-40-39(48)49-26-31-15-9-6-10-16-31/h5-10,13-16,19-20,27-29,32-34H,11-12,17-18,21-26H2,1-4H3,(H,40,48)(H,41,44)(H,46,47)/b20-19+/t28-,29-,32-,33+,34+/m1/s1. The number of ketones is 1. The number of benzene rings is 2. The van der Waals surface area contributed by atoms with E-state index in [1.165, 1.54) is 0 Å². The van der Waals surface area contributed by atoms with E-state index in [9.17, 15) is 29.1 Å². The van der Waals surface area contributed by atoms with E-state index >= 15 is 0 Å². The molecule has 1 heterocycles. The van der Waals surface area contributed by atoms with E-state index in [-0.39, 0.29) is 37.7 Å². The highest BCUT2D eigenvalue weighted by atomic mass is 16.5. The zero-order chi connectivity index (χ0) is 35.8. The molecule has 266 valence electrons. The summed E-state index contributed by atoms with van der Waals surface area (Å²) in [6, 6.07) is 17.3. The molecule has 0 radical (unpaired) electrons. The molecule has 3 N–H and O–H groups in total. The SMILES string of the molecule is CC(C)C[C@H](C)/C=C/[C@H](Cc1ccccc1)C(=O)N1CCC[C@H]1C(=O)C[C@@H](C)C(=O)N[C@@H](CCCNC(=O)OCc1ccccc1)C(=O)O. The highest BCUT2D eigenvalue weighted by Gasteiger charge is 2.37. The number of aliphatic carboxylic acids is 1. The Bertz CT molecular complexity index is 1400. The van der Waals surface area contributed by atoms with Gasteiger partial charge in [0.2, 0.25) is 11.8 Å². The van der Waals surface area contributed by atoms with Gasteiger partial charge in [-0.05, 0) is 61.5 Å². The molecule has 10 heteroatoms. The molecule has 0 bridgehead atoms. The predicted octanol–water partition coefficient (Wildman–Crippen LogP) is 5.95. The Labute approximate surface area is 290 Å². The summed E-state index contributed by atoms with van der Waals surface area (Å²) in [6.45, 7) is 8.85. The number of carboxylic acids is 1. The van der Waals surface area contributed by atoms with Crippen molar-refractivity contribution in [2.45, 2.75) is 91.3 Å². The monoisotopic (exact) mass is 675 g/mol. The highest BCUT2D eigenvalue weighted by molar-refractivity contribution is 5.94. The molecule has 0 unspecified atom stereocenters. The first kappa shape index (κ1) is 39.0. The van der Waals surface area contributed by atoms with E-state index in [0.717, 1.165) is 17.5 Å². The molecule has 0 aromatic heterocycles. The lowest BCUT2D eigenvalue weighted by molar-refractivity contribution is -0.143. The molecule has 5 atom stereocenters. The van der Waals surface area contributed by atoms with Gasteiger partial charge in [0.1, 0.15) is 12.6 Å². The third kappa shape index (κ3) is 13.5. The van der Waals surface area contributed by atoms with E-state index in [4.69, 9.17) is 4.74 Å². The van der Waals surface area contributed by atoms with Gasteiger partial charge < -0.3 is 25.4 Å². The van der Waals surface area contributed by atoms with Crippen molar-refractivity contribution in [3.05, 3.63) is 83.9 Å². The van der Waals surface area contributed by atoms with Gasteiger partial charge in [0.25, 0.3) is 0 Å². The van der Waals surface area contributed by atoms with Crippen LogP contribution in [0.3, 0.4) is 0 Å². The number of carbonyl (C=O) groups is 5. The maximum atomic E-state index is 14.0. The molecule has 1 fully saturated rings. The van der Waals surface area contributed by atoms with Gasteiger partial charge in [-0.2, -0.15) is 0 Å². The minimum Gasteiger partial charge on any atom is -0.480 e. The van der Waals surface area contributed by atoms with Crippen molar-refractivity contribution in [2.24, 2.45) is 23.7 Å². The smallest absolute Gasteiger partial charge is 0.407 e. The van der Waals surface area contributed by atoms with Crippen molar-refractivity contribution in [1.29, 1.82) is 0 Å². The van der Waals surface area contributed by atoms with Crippen LogP contribution in [0.1, 0.15) is 77.3 Å². The zero-order valence-electron chi connectivity index (χ0n) is 29.3. The van der Waals surface area contributed by atoms with Crippen LogP contribution in [0, 0.1) is 23.7 Å². The molecular formula is C39H53N3O7. The lowest BCUT2D eigenvalue weighted by atomic mass is 9.92. The van der Waals surface area contributed by atoms with Crippen LogP contribution in [0.2, 0.25) is 0 Å². The van der Waals surface area contributed by atoms with Crippen LogP contribution in [0.15, 0.2) is 72.8 Å². The predicted molar refractivity (Wildman–Crippen MR) is 188 cm³/mol. The Morgan fingerprint density at radius 2 is 1.59 bits per heavy atom. The normalized spacial score (nSPS) is 16.9. The summed E-state index contributed by atoms with van der Waals surface area (Å²) in [6.07, 6.45) is 6.52. The van der Waals surface area contributed by atoms with Crippen LogP contribution in [-0.2, 0) is 36.9 Å². The molecule has 0 spiro atoms. The van der Waals surface area contributed by atoms with E-state index in [1.54, 1.807) is 11.8 Å². The van der Waals surface area contributed by atoms with Crippen molar-refractivity contribution in [3.8, 4) is 0 Å². The summed E-state index contributed by atoms with van der Waals surface area (Å²) in [5.74, 6) is -2.39. The van der Waals surface area contributed by atoms with Gasteiger partial charge in [0.15, 0.2) is 5.78 Å². The number of allylic oxidation sites excluding steroid dienone is 1. The van der Waals surface area contributed by atoms with E-state index in [0.29, 0.717) is 44.1 Å². The third-order valence-electron chi connectivity index (χ3n) is 8.76. The van der Waals surface area contributed by atoms with Crippen LogP contribution in [-0.4, -0.2) is 64.8 Å². The molecular weight excluding hydrogens is 622 g/mol. The molecule has 1 aliphatic rings. The summed E-state index contributed by atoms with van der Waals surface area (Å²) in [5.41, 5.74) is 1.89. The fourth-order valence-electron chi connectivity index (χ4n) is 6.20. The number of nitrogens with one attached hydrogen (secondary N) is 2. The molecule has 3 rings (SSSR count). The summed E-state index contributed by atoms with van der Waals surface area (Å²) < 4.78 is 5.16. The number of Topliss-reactive ketones (excluding diaryl/α,β-unsaturated/α-hetero) is 1. The lowest BCUT2D eigenvalue weighted by Gasteiger charge is -2.28. The maximum absolute atomic E-state index is 14.0. The average Bonchev–Trinajstić information content (AvgIpc) is 3.57. The summed E-state index contributed by atoms with van der Waals surface area (Å²) in [5, 5.41) is 14.8. The second kappa shape index (κ2) is 20.1. The van der Waals surface area contributed by atoms with E-state index in [2.05, 4.69) is 37.5 Å². The quantitative estimate of drug-likeness (QED) is 0.124. The van der Waals surface area contributed by atoms with Crippen molar-refractivity contribution >= 4 is 29.7 Å². The molecule has 0 aliphatic carbocycles. The van der Waals surface area contributed by atoms with Gasteiger partial charge in [-0.3, -0.25) is 14.4 Å². The zero-order valence-corrected chi connectivity index (χ0v) is 29.3. The second-order valence-electron chi connectivity index (χ2n) is 13.6. The minimum absolute atomic E-state index is 0.0811. The number of hydrogen-bond acceptors (Lipinski definition) is 6. The molecule has 0 saturated carbocycles. The number of ether oxygens (including phenoxy) is 1. The van der Waals surface area contributed by atoms with Crippen LogP contribution >= 0.6 is 0 Å². The molecule has 49 heavy (non-hydrogen) atoms. The van der Waals surface area contributed by atoms with Crippen LogP contribution in [0.4, 0.5) is 4.79 Å². The molecule has 1 saturated heterocycles. The first-order valence-electron chi connectivity index (χ1n) is 17.5. The Morgan fingerprint density at radius 1 is 0.939 bits per heavy atom. The maximum Gasteiger partial charge on any atom is 0.407 e. The van der Waals surface area contributed by atoms with Crippen LogP contribution < -0.4 is 10.6 Å². The average molecular weight is 676 g/mol.